The highest BCUT2D eigenvalue weighted by Crippen LogP contribution is 2.60. The number of nitrogens with two attached hydrogens (primary N) is 1. The van der Waals surface area contributed by atoms with Crippen LogP contribution in [0.4, 0.5) is 0 Å². The summed E-state index contributed by atoms with van der Waals surface area (Å²) >= 11 is 0. The van der Waals surface area contributed by atoms with E-state index < -0.39 is 29.9 Å². The molecule has 172 valence electrons. The van der Waals surface area contributed by atoms with Gasteiger partial charge in [-0.2, -0.15) is 0 Å². The zero-order valence-electron chi connectivity index (χ0n) is 18.2. The fourth-order valence-electron chi connectivity index (χ4n) is 5.91. The SMILES string of the molecule is C[C@@H]1CCC2[C@@H](C)[C@@H](OCCn3cc(C(=O)NN)nn3)OC3O[C@]4(C)CC[C@@H]1[C@]32OO4. The van der Waals surface area contributed by atoms with Crippen LogP contribution in [0.1, 0.15) is 56.9 Å². The lowest BCUT2D eigenvalue weighted by Gasteiger charge is -2.60. The van der Waals surface area contributed by atoms with Gasteiger partial charge in [0, 0.05) is 18.3 Å². The van der Waals surface area contributed by atoms with Crippen molar-refractivity contribution in [1.82, 2.24) is 20.4 Å². The van der Waals surface area contributed by atoms with E-state index in [9.17, 15) is 4.79 Å². The summed E-state index contributed by atoms with van der Waals surface area (Å²) in [5.74, 6) is 5.00. The first kappa shape index (κ1) is 21.2. The Bertz CT molecular complexity index is 837. The van der Waals surface area contributed by atoms with Gasteiger partial charge < -0.3 is 14.2 Å². The molecule has 3 N–H and O–H groups in total. The predicted molar refractivity (Wildman–Crippen MR) is 104 cm³/mol. The number of fused-ring (bicyclic) bond motifs is 2. The second-order valence-corrected chi connectivity index (χ2v) is 9.48. The zero-order chi connectivity index (χ0) is 21.8. The molecule has 2 unspecified atom stereocenters. The summed E-state index contributed by atoms with van der Waals surface area (Å²) < 4.78 is 20.4. The largest absolute Gasteiger partial charge is 0.350 e. The molecule has 1 aromatic rings. The van der Waals surface area contributed by atoms with Gasteiger partial charge in [0.1, 0.15) is 0 Å². The minimum absolute atomic E-state index is 0.107. The molecule has 2 bridgehead atoms. The normalized spacial score (nSPS) is 43.9. The monoisotopic (exact) mass is 437 g/mol. The fourth-order valence-corrected chi connectivity index (χ4v) is 5.91. The third kappa shape index (κ3) is 3.38. The van der Waals surface area contributed by atoms with E-state index in [1.807, 2.05) is 12.3 Å². The van der Waals surface area contributed by atoms with Gasteiger partial charge in [-0.25, -0.2) is 20.3 Å². The van der Waals surface area contributed by atoms with Crippen molar-refractivity contribution in [3.8, 4) is 0 Å². The highest BCUT2D eigenvalue weighted by Gasteiger charge is 2.69. The molecule has 11 heteroatoms. The average Bonchev–Trinajstić information content (AvgIpc) is 3.11. The van der Waals surface area contributed by atoms with Crippen molar-refractivity contribution in [2.75, 3.05) is 6.61 Å². The maximum Gasteiger partial charge on any atom is 0.287 e. The van der Waals surface area contributed by atoms with E-state index in [1.54, 1.807) is 4.68 Å². The van der Waals surface area contributed by atoms with Gasteiger partial charge in [-0.3, -0.25) is 10.2 Å². The second-order valence-electron chi connectivity index (χ2n) is 9.48. The number of hydrogen-bond acceptors (Lipinski definition) is 9. The van der Waals surface area contributed by atoms with Crippen LogP contribution in [0.25, 0.3) is 0 Å². The van der Waals surface area contributed by atoms with Gasteiger partial charge in [0.25, 0.3) is 5.91 Å². The average molecular weight is 437 g/mol. The maximum absolute atomic E-state index is 11.5. The number of aromatic nitrogens is 3. The molecule has 11 nitrogen and oxygen atoms in total. The quantitative estimate of drug-likeness (QED) is 0.301. The van der Waals surface area contributed by atoms with Crippen LogP contribution in [-0.2, 0) is 30.5 Å². The van der Waals surface area contributed by atoms with Crippen LogP contribution >= 0.6 is 0 Å². The lowest BCUT2D eigenvalue weighted by Crippen LogP contribution is -2.70. The molecule has 31 heavy (non-hydrogen) atoms. The molecule has 5 aliphatic rings. The van der Waals surface area contributed by atoms with Crippen molar-refractivity contribution < 1.29 is 28.8 Å². The van der Waals surface area contributed by atoms with E-state index >= 15 is 0 Å². The minimum atomic E-state index is -0.802. The van der Waals surface area contributed by atoms with E-state index in [2.05, 4.69) is 24.2 Å². The number of ether oxygens (including phenoxy) is 3. The van der Waals surface area contributed by atoms with Crippen LogP contribution in [0.3, 0.4) is 0 Å². The summed E-state index contributed by atoms with van der Waals surface area (Å²) in [7, 11) is 0. The topological polar surface area (TPSA) is 132 Å². The first-order chi connectivity index (χ1) is 14.9. The first-order valence-electron chi connectivity index (χ1n) is 11.1. The summed E-state index contributed by atoms with van der Waals surface area (Å²) in [4.78, 5) is 23.5. The van der Waals surface area contributed by atoms with Crippen molar-refractivity contribution in [2.45, 2.75) is 77.0 Å². The van der Waals surface area contributed by atoms with Gasteiger partial charge in [-0.05, 0) is 38.0 Å². The first-order valence-corrected chi connectivity index (χ1v) is 11.1. The molecule has 0 radical (unpaired) electrons. The number of nitrogen functional groups attached to an aromatic ring is 1. The summed E-state index contributed by atoms with van der Waals surface area (Å²) in [6.45, 7) is 7.13. The number of amides is 1. The van der Waals surface area contributed by atoms with E-state index in [0.29, 0.717) is 25.0 Å². The lowest BCUT2D eigenvalue weighted by atomic mass is 9.58. The van der Waals surface area contributed by atoms with Gasteiger partial charge in [0.2, 0.25) is 5.79 Å². The molecule has 4 aliphatic heterocycles. The number of carbonyl (C=O) groups is 1. The molecule has 5 fully saturated rings. The molecule has 1 saturated carbocycles. The Kier molecular flexibility index (Phi) is 5.31. The van der Waals surface area contributed by atoms with Crippen molar-refractivity contribution in [3.05, 3.63) is 11.9 Å². The van der Waals surface area contributed by atoms with Gasteiger partial charge in [0.05, 0.1) is 19.3 Å². The molecule has 4 saturated heterocycles. The number of nitrogens with one attached hydrogen (secondary N) is 1. The van der Waals surface area contributed by atoms with Crippen LogP contribution < -0.4 is 11.3 Å². The van der Waals surface area contributed by atoms with Crippen LogP contribution in [0.2, 0.25) is 0 Å². The number of hydrogen-bond donors (Lipinski definition) is 2. The summed E-state index contributed by atoms with van der Waals surface area (Å²) in [5.41, 5.74) is 1.60. The molecule has 5 heterocycles. The molecule has 1 aliphatic carbocycles. The van der Waals surface area contributed by atoms with Crippen LogP contribution in [-0.4, -0.2) is 51.5 Å². The molecule has 6 rings (SSSR count). The molecule has 0 aromatic carbocycles. The third-order valence-corrected chi connectivity index (χ3v) is 7.60. The molecule has 1 spiro atoms. The third-order valence-electron chi connectivity index (χ3n) is 7.60. The highest BCUT2D eigenvalue weighted by molar-refractivity contribution is 5.91. The van der Waals surface area contributed by atoms with Crippen molar-refractivity contribution in [3.63, 3.8) is 0 Å². The van der Waals surface area contributed by atoms with E-state index in [0.717, 1.165) is 25.7 Å². The Morgan fingerprint density at radius 1 is 1.32 bits per heavy atom. The standard InChI is InChI=1S/C20H31N5O6/c1-11-4-5-14-12(2)17(27-9-8-25-10-15(23-24-25)16(26)22-21)28-18-20(14)13(11)6-7-19(3,29-18)30-31-20/h10-14,17-18H,4-9,21H2,1-3H3,(H,22,26)/t11-,12-,13+,14?,17+,18?,19+,20-/m1/s1. The lowest BCUT2D eigenvalue weighted by molar-refractivity contribution is -0.577. The Labute approximate surface area is 180 Å². The number of rotatable bonds is 5. The van der Waals surface area contributed by atoms with Gasteiger partial charge in [-0.15, -0.1) is 5.10 Å². The second kappa shape index (κ2) is 7.75. The van der Waals surface area contributed by atoms with Crippen LogP contribution in [0, 0.1) is 23.7 Å². The Balaban J connectivity index is 1.29. The number of carbonyl (C=O) groups excluding carboxylic acids is 1. The zero-order valence-corrected chi connectivity index (χ0v) is 18.2. The summed E-state index contributed by atoms with van der Waals surface area (Å²) in [6, 6.07) is 0. The van der Waals surface area contributed by atoms with E-state index in [-0.39, 0.29) is 17.5 Å². The van der Waals surface area contributed by atoms with Gasteiger partial charge >= 0.3 is 0 Å². The Morgan fingerprint density at radius 2 is 2.16 bits per heavy atom. The Morgan fingerprint density at radius 3 is 2.97 bits per heavy atom. The van der Waals surface area contributed by atoms with E-state index in [1.165, 1.54) is 6.20 Å². The number of nitrogens with zero attached hydrogens (tertiary/aromatic N) is 3. The number of hydrazine groups is 1. The smallest absolute Gasteiger partial charge is 0.287 e. The summed E-state index contributed by atoms with van der Waals surface area (Å²) in [5, 5.41) is 7.73. The molecular formula is C20H31N5O6. The van der Waals surface area contributed by atoms with E-state index in [4.69, 9.17) is 29.8 Å². The molecule has 1 aromatic heterocycles. The predicted octanol–water partition coefficient (Wildman–Crippen LogP) is 1.11. The maximum atomic E-state index is 11.5. The van der Waals surface area contributed by atoms with Crippen LogP contribution in [0.5, 0.6) is 0 Å². The van der Waals surface area contributed by atoms with Crippen molar-refractivity contribution >= 4 is 5.91 Å². The van der Waals surface area contributed by atoms with Gasteiger partial charge in [0.15, 0.2) is 23.9 Å². The Hall–Kier alpha value is -1.63. The van der Waals surface area contributed by atoms with Crippen molar-refractivity contribution in [1.29, 1.82) is 0 Å². The minimum Gasteiger partial charge on any atom is -0.350 e. The van der Waals surface area contributed by atoms with Crippen molar-refractivity contribution in [2.24, 2.45) is 29.5 Å². The molecule has 8 atom stereocenters. The highest BCUT2D eigenvalue weighted by atomic mass is 17.3. The van der Waals surface area contributed by atoms with Gasteiger partial charge in [-0.1, -0.05) is 19.1 Å². The molecule has 1 amide bonds. The van der Waals surface area contributed by atoms with Crippen LogP contribution in [0.15, 0.2) is 6.20 Å². The summed E-state index contributed by atoms with van der Waals surface area (Å²) in [6.07, 6.45) is 4.50. The fraction of sp³-hybridized carbons (Fsp3) is 0.850. The molecular weight excluding hydrogens is 406 g/mol.